The maximum absolute atomic E-state index is 10.6. The lowest BCUT2D eigenvalue weighted by Crippen LogP contribution is -2.20. The van der Waals surface area contributed by atoms with E-state index in [0.29, 0.717) is 5.41 Å². The number of rotatable bonds is 6. The van der Waals surface area contributed by atoms with E-state index in [2.05, 4.69) is 26.1 Å². The number of unbranched alkanes of at least 4 members (excludes halogenated alkanes) is 3. The molecule has 0 aliphatic rings. The average Bonchev–Trinajstić information content (AvgIpc) is 2.00. The molecule has 2 heteroatoms. The molecule has 0 saturated carbocycles. The molecule has 1 N–H and O–H groups in total. The van der Waals surface area contributed by atoms with Gasteiger partial charge in [0.1, 0.15) is 0 Å². The Morgan fingerprint density at radius 1 is 1.07 bits per heavy atom. The minimum atomic E-state index is 0.0830. The van der Waals surface area contributed by atoms with E-state index in [4.69, 9.17) is 0 Å². The summed E-state index contributed by atoms with van der Waals surface area (Å²) in [5, 5.41) is 2.81. The summed E-state index contributed by atoms with van der Waals surface area (Å²) in [5.41, 5.74) is 0.470. The second kappa shape index (κ2) is 6.86. The van der Waals surface area contributed by atoms with Crippen molar-refractivity contribution < 1.29 is 4.79 Å². The van der Waals surface area contributed by atoms with Crippen molar-refractivity contribution in [3.63, 3.8) is 0 Å². The van der Waals surface area contributed by atoms with Crippen LogP contribution in [0.3, 0.4) is 0 Å². The lowest BCUT2D eigenvalue weighted by molar-refractivity contribution is -0.118. The minimum absolute atomic E-state index is 0.0830. The van der Waals surface area contributed by atoms with E-state index in [0.717, 1.165) is 13.0 Å². The maximum atomic E-state index is 10.6. The summed E-state index contributed by atoms with van der Waals surface area (Å²) < 4.78 is 0. The van der Waals surface area contributed by atoms with Gasteiger partial charge in [0, 0.05) is 13.5 Å². The molecule has 0 saturated heterocycles. The van der Waals surface area contributed by atoms with Crippen LogP contribution in [0.2, 0.25) is 0 Å². The number of hydrogen-bond donors (Lipinski definition) is 1. The Kier molecular flexibility index (Phi) is 6.60. The molecule has 0 spiro atoms. The molecular weight excluding hydrogens is 174 g/mol. The van der Waals surface area contributed by atoms with Gasteiger partial charge in [-0.15, -0.1) is 0 Å². The van der Waals surface area contributed by atoms with Gasteiger partial charge in [0.15, 0.2) is 0 Å². The van der Waals surface area contributed by atoms with Crippen LogP contribution in [0.4, 0.5) is 0 Å². The largest absolute Gasteiger partial charge is 0.356 e. The lowest BCUT2D eigenvalue weighted by atomic mass is 9.89. The van der Waals surface area contributed by atoms with Crippen LogP contribution in [0, 0.1) is 5.41 Å². The van der Waals surface area contributed by atoms with Gasteiger partial charge in [-0.05, 0) is 18.3 Å². The Morgan fingerprint density at radius 2 is 1.64 bits per heavy atom. The van der Waals surface area contributed by atoms with Gasteiger partial charge in [-0.25, -0.2) is 0 Å². The quantitative estimate of drug-likeness (QED) is 0.654. The Morgan fingerprint density at radius 3 is 2.14 bits per heavy atom. The molecule has 0 aliphatic carbocycles. The predicted molar refractivity (Wildman–Crippen MR) is 61.2 cm³/mol. The molecule has 0 rings (SSSR count). The van der Waals surface area contributed by atoms with Gasteiger partial charge < -0.3 is 5.32 Å². The molecule has 0 heterocycles. The molecule has 0 atom stereocenters. The Balaban J connectivity index is 3.11. The van der Waals surface area contributed by atoms with Crippen LogP contribution in [0.15, 0.2) is 0 Å². The third kappa shape index (κ3) is 11.5. The molecule has 84 valence electrons. The fourth-order valence-electron chi connectivity index (χ4n) is 1.40. The van der Waals surface area contributed by atoms with Crippen LogP contribution in [0.5, 0.6) is 0 Å². The standard InChI is InChI=1S/C12H25NO/c1-11(14)13-10-8-6-5-7-9-12(2,3)4/h5-10H2,1-4H3,(H,13,14). The second-order valence-corrected chi connectivity index (χ2v) is 5.21. The molecule has 0 unspecified atom stereocenters. The first-order chi connectivity index (χ1) is 6.42. The second-order valence-electron chi connectivity index (χ2n) is 5.21. The van der Waals surface area contributed by atoms with Crippen LogP contribution in [0.25, 0.3) is 0 Å². The number of carbonyl (C=O) groups is 1. The van der Waals surface area contributed by atoms with E-state index in [1.165, 1.54) is 25.7 Å². The van der Waals surface area contributed by atoms with Crippen molar-refractivity contribution in [1.82, 2.24) is 5.32 Å². The first-order valence-corrected chi connectivity index (χ1v) is 5.66. The third-order valence-electron chi connectivity index (χ3n) is 2.23. The first kappa shape index (κ1) is 13.5. The monoisotopic (exact) mass is 199 g/mol. The highest BCUT2D eigenvalue weighted by Gasteiger charge is 2.08. The zero-order valence-corrected chi connectivity index (χ0v) is 10.2. The van der Waals surface area contributed by atoms with Crippen LogP contribution in [-0.2, 0) is 4.79 Å². The van der Waals surface area contributed by atoms with Crippen LogP contribution >= 0.6 is 0 Å². The molecule has 0 fully saturated rings. The summed E-state index contributed by atoms with van der Waals surface area (Å²) in [6, 6.07) is 0. The maximum Gasteiger partial charge on any atom is 0.216 e. The van der Waals surface area contributed by atoms with Gasteiger partial charge in [0.05, 0.1) is 0 Å². The Bertz CT molecular complexity index is 158. The summed E-state index contributed by atoms with van der Waals surface area (Å²) in [7, 11) is 0. The molecule has 14 heavy (non-hydrogen) atoms. The highest BCUT2D eigenvalue weighted by Crippen LogP contribution is 2.22. The van der Waals surface area contributed by atoms with Crippen molar-refractivity contribution in [2.24, 2.45) is 5.41 Å². The van der Waals surface area contributed by atoms with E-state index in [9.17, 15) is 4.79 Å². The lowest BCUT2D eigenvalue weighted by Gasteiger charge is -2.17. The van der Waals surface area contributed by atoms with Gasteiger partial charge >= 0.3 is 0 Å². The molecule has 0 bridgehead atoms. The molecule has 0 aromatic heterocycles. The SMILES string of the molecule is CC(=O)NCCCCCCC(C)(C)C. The first-order valence-electron chi connectivity index (χ1n) is 5.66. The van der Waals surface area contributed by atoms with E-state index in [1.54, 1.807) is 6.92 Å². The number of nitrogens with one attached hydrogen (secondary N) is 1. The van der Waals surface area contributed by atoms with Gasteiger partial charge in [-0.1, -0.05) is 40.0 Å². The molecule has 0 aromatic rings. The average molecular weight is 199 g/mol. The minimum Gasteiger partial charge on any atom is -0.356 e. The van der Waals surface area contributed by atoms with Crippen molar-refractivity contribution in [3.05, 3.63) is 0 Å². The molecule has 0 radical (unpaired) electrons. The summed E-state index contributed by atoms with van der Waals surface area (Å²) in [6.45, 7) is 9.25. The molecule has 0 aromatic carbocycles. The summed E-state index contributed by atoms with van der Waals surface area (Å²) >= 11 is 0. The molecule has 2 nitrogen and oxygen atoms in total. The summed E-state index contributed by atoms with van der Waals surface area (Å²) in [5.74, 6) is 0.0830. The van der Waals surface area contributed by atoms with Gasteiger partial charge in [-0.2, -0.15) is 0 Å². The summed E-state index contributed by atoms with van der Waals surface area (Å²) in [6.07, 6.45) is 6.24. The summed E-state index contributed by atoms with van der Waals surface area (Å²) in [4.78, 5) is 10.6. The fraction of sp³-hybridized carbons (Fsp3) is 0.917. The highest BCUT2D eigenvalue weighted by molar-refractivity contribution is 5.72. The topological polar surface area (TPSA) is 29.1 Å². The Hall–Kier alpha value is -0.530. The molecule has 1 amide bonds. The van der Waals surface area contributed by atoms with Gasteiger partial charge in [-0.3, -0.25) is 4.79 Å². The van der Waals surface area contributed by atoms with E-state index in [-0.39, 0.29) is 5.91 Å². The highest BCUT2D eigenvalue weighted by atomic mass is 16.1. The van der Waals surface area contributed by atoms with E-state index >= 15 is 0 Å². The Labute approximate surface area is 88.5 Å². The van der Waals surface area contributed by atoms with Crippen molar-refractivity contribution in [2.75, 3.05) is 6.54 Å². The van der Waals surface area contributed by atoms with Crippen molar-refractivity contribution in [1.29, 1.82) is 0 Å². The fourth-order valence-corrected chi connectivity index (χ4v) is 1.40. The predicted octanol–water partition coefficient (Wildman–Crippen LogP) is 3.12. The molecular formula is C12H25NO. The number of amides is 1. The van der Waals surface area contributed by atoms with Gasteiger partial charge in [0.25, 0.3) is 0 Å². The number of hydrogen-bond acceptors (Lipinski definition) is 1. The van der Waals surface area contributed by atoms with Crippen molar-refractivity contribution in [2.45, 2.75) is 59.8 Å². The van der Waals surface area contributed by atoms with Crippen LogP contribution in [0.1, 0.15) is 59.8 Å². The van der Waals surface area contributed by atoms with E-state index in [1.807, 2.05) is 0 Å². The zero-order chi connectivity index (χ0) is 11.0. The van der Waals surface area contributed by atoms with Gasteiger partial charge in [0.2, 0.25) is 5.91 Å². The normalized spacial score (nSPS) is 11.4. The smallest absolute Gasteiger partial charge is 0.216 e. The molecule has 0 aliphatic heterocycles. The zero-order valence-electron chi connectivity index (χ0n) is 10.2. The van der Waals surface area contributed by atoms with Crippen LogP contribution < -0.4 is 5.32 Å². The third-order valence-corrected chi connectivity index (χ3v) is 2.23. The van der Waals surface area contributed by atoms with Crippen LogP contribution in [-0.4, -0.2) is 12.5 Å². The van der Waals surface area contributed by atoms with Crippen molar-refractivity contribution in [3.8, 4) is 0 Å². The van der Waals surface area contributed by atoms with Crippen molar-refractivity contribution >= 4 is 5.91 Å². The number of carbonyl (C=O) groups excluding carboxylic acids is 1. The van der Waals surface area contributed by atoms with E-state index < -0.39 is 0 Å².